The van der Waals surface area contributed by atoms with Gasteiger partial charge in [-0.3, -0.25) is 14.4 Å². The van der Waals surface area contributed by atoms with Crippen molar-refractivity contribution in [2.24, 2.45) is 0 Å². The molecule has 0 atom stereocenters. The fourth-order valence-corrected chi connectivity index (χ4v) is 2.94. The van der Waals surface area contributed by atoms with E-state index >= 15 is 0 Å². The lowest BCUT2D eigenvalue weighted by Gasteiger charge is -2.19. The number of halogens is 1. The number of para-hydroxylation sites is 1. The van der Waals surface area contributed by atoms with Gasteiger partial charge < -0.3 is 0 Å². The van der Waals surface area contributed by atoms with Crippen LogP contribution in [0.3, 0.4) is 0 Å². The topological polar surface area (TPSA) is 80.5 Å². The van der Waals surface area contributed by atoms with Gasteiger partial charge >= 0.3 is 5.69 Å². The smallest absolute Gasteiger partial charge is 0.269 e. The molecule has 0 heterocycles. The van der Waals surface area contributed by atoms with E-state index in [1.54, 1.807) is 30.3 Å². The van der Waals surface area contributed by atoms with E-state index in [0.29, 0.717) is 11.8 Å². The first-order chi connectivity index (χ1) is 9.84. The summed E-state index contributed by atoms with van der Waals surface area (Å²) in [6.45, 7) is 0. The van der Waals surface area contributed by atoms with E-state index in [1.165, 1.54) is 7.05 Å². The van der Waals surface area contributed by atoms with Gasteiger partial charge in [0.15, 0.2) is 0 Å². The Kier molecular flexibility index (Phi) is 3.90. The highest BCUT2D eigenvalue weighted by Gasteiger charge is 2.24. The lowest BCUT2D eigenvalue weighted by atomic mass is 10.3. The van der Waals surface area contributed by atoms with E-state index in [2.05, 4.69) is 0 Å². The molecule has 0 spiro atoms. The molecule has 0 fully saturated rings. The first kappa shape index (κ1) is 14.9. The first-order valence-corrected chi connectivity index (χ1v) is 7.26. The Hall–Kier alpha value is -2.48. The average molecular weight is 310 g/mol. The summed E-state index contributed by atoms with van der Waals surface area (Å²) in [6.07, 6.45) is 0. The molecule has 0 amide bonds. The maximum Gasteiger partial charge on any atom is 0.304 e. The molecule has 6 nitrogen and oxygen atoms in total. The number of hydrogen-bond acceptors (Lipinski definition) is 4. The van der Waals surface area contributed by atoms with Crippen LogP contribution in [0.15, 0.2) is 53.4 Å². The summed E-state index contributed by atoms with van der Waals surface area (Å²) in [6, 6.07) is 10.7. The van der Waals surface area contributed by atoms with Crippen molar-refractivity contribution < 1.29 is 17.7 Å². The van der Waals surface area contributed by atoms with Crippen molar-refractivity contribution in [1.82, 2.24) is 0 Å². The van der Waals surface area contributed by atoms with Crippen LogP contribution in [0.2, 0.25) is 0 Å². The number of nitro benzene ring substituents is 1. The standard InChI is InChI=1S/C13H11FN2O4S/c1-15(10-5-3-2-4-6-10)21(19,20)11-7-8-13(16(17)18)12(14)9-11/h2-9H,1H3. The van der Waals surface area contributed by atoms with Crippen LogP contribution in [0.5, 0.6) is 0 Å². The van der Waals surface area contributed by atoms with Gasteiger partial charge in [0.25, 0.3) is 10.0 Å². The summed E-state index contributed by atoms with van der Waals surface area (Å²) in [4.78, 5) is 9.28. The van der Waals surface area contributed by atoms with Crippen molar-refractivity contribution in [1.29, 1.82) is 0 Å². The molecule has 0 aliphatic carbocycles. The Balaban J connectivity index is 2.45. The maximum atomic E-state index is 13.6. The Morgan fingerprint density at radius 1 is 1.14 bits per heavy atom. The van der Waals surface area contributed by atoms with Gasteiger partial charge in [-0.1, -0.05) is 18.2 Å². The Bertz CT molecular complexity index is 778. The lowest BCUT2D eigenvalue weighted by Crippen LogP contribution is -2.26. The third kappa shape index (κ3) is 2.84. The van der Waals surface area contributed by atoms with E-state index in [1.807, 2.05) is 0 Å². The number of anilines is 1. The molecule has 0 aliphatic rings. The third-order valence-electron chi connectivity index (χ3n) is 2.89. The molecule has 0 aliphatic heterocycles. The van der Waals surface area contributed by atoms with Crippen LogP contribution < -0.4 is 4.31 Å². The second kappa shape index (κ2) is 5.49. The highest BCUT2D eigenvalue weighted by atomic mass is 32.2. The Morgan fingerprint density at radius 3 is 2.29 bits per heavy atom. The van der Waals surface area contributed by atoms with Crippen molar-refractivity contribution in [2.75, 3.05) is 11.4 Å². The van der Waals surface area contributed by atoms with Crippen LogP contribution in [-0.2, 0) is 10.0 Å². The second-order valence-corrected chi connectivity index (χ2v) is 6.15. The van der Waals surface area contributed by atoms with Crippen LogP contribution >= 0.6 is 0 Å². The van der Waals surface area contributed by atoms with Crippen molar-refractivity contribution in [2.45, 2.75) is 4.90 Å². The van der Waals surface area contributed by atoms with Crippen LogP contribution in [0, 0.1) is 15.9 Å². The van der Waals surface area contributed by atoms with Gasteiger partial charge in [0, 0.05) is 19.2 Å². The molecular weight excluding hydrogens is 299 g/mol. The van der Waals surface area contributed by atoms with E-state index in [0.717, 1.165) is 16.4 Å². The fourth-order valence-electron chi connectivity index (χ4n) is 1.73. The molecule has 0 saturated carbocycles. The predicted octanol–water partition coefficient (Wildman–Crippen LogP) is 2.56. The molecule has 0 unspecified atom stereocenters. The number of nitrogens with zero attached hydrogens (tertiary/aromatic N) is 2. The molecule has 2 aromatic carbocycles. The molecule has 0 N–H and O–H groups in total. The zero-order chi connectivity index (χ0) is 15.6. The predicted molar refractivity (Wildman–Crippen MR) is 75.1 cm³/mol. The zero-order valence-electron chi connectivity index (χ0n) is 10.9. The van der Waals surface area contributed by atoms with Crippen molar-refractivity contribution in [3.8, 4) is 0 Å². The quantitative estimate of drug-likeness (QED) is 0.642. The lowest BCUT2D eigenvalue weighted by molar-refractivity contribution is -0.387. The highest BCUT2D eigenvalue weighted by molar-refractivity contribution is 7.92. The zero-order valence-corrected chi connectivity index (χ0v) is 11.7. The summed E-state index contributed by atoms with van der Waals surface area (Å²) in [5.74, 6) is -1.19. The molecule has 21 heavy (non-hydrogen) atoms. The maximum absolute atomic E-state index is 13.6. The molecule has 0 bridgehead atoms. The third-order valence-corrected chi connectivity index (χ3v) is 4.68. The molecule has 110 valence electrons. The molecule has 8 heteroatoms. The molecular formula is C13H11FN2O4S. The minimum absolute atomic E-state index is 0.350. The number of hydrogen-bond donors (Lipinski definition) is 0. The van der Waals surface area contributed by atoms with E-state index in [4.69, 9.17) is 0 Å². The van der Waals surface area contributed by atoms with Gasteiger partial charge in [-0.25, -0.2) is 8.42 Å². The van der Waals surface area contributed by atoms with Gasteiger partial charge in [0.05, 0.1) is 15.5 Å². The number of rotatable bonds is 4. The minimum Gasteiger partial charge on any atom is -0.269 e. The van der Waals surface area contributed by atoms with Crippen LogP contribution in [0.25, 0.3) is 0 Å². The van der Waals surface area contributed by atoms with Crippen LogP contribution in [0.1, 0.15) is 0 Å². The summed E-state index contributed by atoms with van der Waals surface area (Å²) >= 11 is 0. The Morgan fingerprint density at radius 2 is 1.76 bits per heavy atom. The normalized spacial score (nSPS) is 11.1. The van der Waals surface area contributed by atoms with Crippen LogP contribution in [0.4, 0.5) is 15.8 Å². The largest absolute Gasteiger partial charge is 0.304 e. The van der Waals surface area contributed by atoms with Gasteiger partial charge in [0.1, 0.15) is 0 Å². The van der Waals surface area contributed by atoms with Gasteiger partial charge in [0.2, 0.25) is 5.82 Å². The summed E-state index contributed by atoms with van der Waals surface area (Å²) in [5.41, 5.74) is -0.368. The fraction of sp³-hybridized carbons (Fsp3) is 0.0769. The van der Waals surface area contributed by atoms with Gasteiger partial charge in [-0.2, -0.15) is 4.39 Å². The SMILES string of the molecule is CN(c1ccccc1)S(=O)(=O)c1ccc([N+](=O)[O-])c(F)c1. The highest BCUT2D eigenvalue weighted by Crippen LogP contribution is 2.25. The number of benzene rings is 2. The number of nitro groups is 1. The molecule has 0 aromatic heterocycles. The van der Waals surface area contributed by atoms with Gasteiger partial charge in [-0.05, 0) is 18.2 Å². The first-order valence-electron chi connectivity index (χ1n) is 5.82. The van der Waals surface area contributed by atoms with Gasteiger partial charge in [-0.15, -0.1) is 0 Å². The summed E-state index contributed by atoms with van der Waals surface area (Å²) < 4.78 is 39.3. The Labute approximate surface area is 120 Å². The summed E-state index contributed by atoms with van der Waals surface area (Å²) in [7, 11) is -2.66. The van der Waals surface area contributed by atoms with E-state index < -0.39 is 26.5 Å². The molecule has 0 radical (unpaired) electrons. The van der Waals surface area contributed by atoms with E-state index in [9.17, 15) is 22.9 Å². The molecule has 2 aromatic rings. The molecule has 0 saturated heterocycles. The average Bonchev–Trinajstić information content (AvgIpc) is 2.46. The minimum atomic E-state index is -3.99. The van der Waals surface area contributed by atoms with Crippen molar-refractivity contribution >= 4 is 21.4 Å². The van der Waals surface area contributed by atoms with E-state index in [-0.39, 0.29) is 4.90 Å². The monoisotopic (exact) mass is 310 g/mol. The summed E-state index contributed by atoms with van der Waals surface area (Å²) in [5, 5.41) is 10.5. The van der Waals surface area contributed by atoms with Crippen LogP contribution in [-0.4, -0.2) is 20.4 Å². The molecule has 2 rings (SSSR count). The van der Waals surface area contributed by atoms with Crippen molar-refractivity contribution in [3.63, 3.8) is 0 Å². The number of sulfonamides is 1. The second-order valence-electron chi connectivity index (χ2n) is 4.18. The van der Waals surface area contributed by atoms with Crippen molar-refractivity contribution in [3.05, 3.63) is 64.5 Å².